The van der Waals surface area contributed by atoms with Gasteiger partial charge >= 0.3 is 0 Å². The molecule has 2 aromatic rings. The second-order valence-corrected chi connectivity index (χ2v) is 10.7. The third-order valence-electron chi connectivity index (χ3n) is 6.12. The summed E-state index contributed by atoms with van der Waals surface area (Å²) in [6.45, 7) is 3.72. The van der Waals surface area contributed by atoms with Crippen LogP contribution in [0, 0.1) is 0 Å². The lowest BCUT2D eigenvalue weighted by Crippen LogP contribution is -2.32. The molecule has 2 aliphatic rings. The quantitative estimate of drug-likeness (QED) is 0.717. The van der Waals surface area contributed by atoms with Crippen molar-refractivity contribution in [1.82, 2.24) is 9.29 Å². The van der Waals surface area contributed by atoms with Gasteiger partial charge in [0.1, 0.15) is 5.82 Å². The molecule has 8 nitrogen and oxygen atoms in total. The minimum absolute atomic E-state index is 0.107. The van der Waals surface area contributed by atoms with Crippen molar-refractivity contribution in [3.63, 3.8) is 0 Å². The van der Waals surface area contributed by atoms with Gasteiger partial charge in [0.05, 0.1) is 22.3 Å². The van der Waals surface area contributed by atoms with Crippen LogP contribution in [0.1, 0.15) is 42.5 Å². The smallest absolute Gasteiger partial charge is 0.257 e. The maximum absolute atomic E-state index is 13.3. The molecule has 172 valence electrons. The highest BCUT2D eigenvalue weighted by molar-refractivity contribution is 7.89. The standard InChI is InChI=1S/C23H31N5O3S/c1-26(2)32(30,31)19-9-10-21(27-12-4-3-5-13-27)20(16-19)23(29)25-18-8-11-22(24-17-18)28-14-6-7-15-28/h8-11,16-17H,3-7,12-15H2,1-2H3,(H,25,29). The summed E-state index contributed by atoms with van der Waals surface area (Å²) in [5, 5.41) is 2.91. The summed E-state index contributed by atoms with van der Waals surface area (Å²) in [6, 6.07) is 8.59. The molecule has 2 fully saturated rings. The molecule has 0 atom stereocenters. The van der Waals surface area contributed by atoms with Gasteiger partial charge in [0.15, 0.2) is 0 Å². The van der Waals surface area contributed by atoms with Crippen molar-refractivity contribution in [2.75, 3.05) is 55.4 Å². The molecule has 0 spiro atoms. The second-order valence-electron chi connectivity index (χ2n) is 8.57. The van der Waals surface area contributed by atoms with Crippen molar-refractivity contribution < 1.29 is 13.2 Å². The highest BCUT2D eigenvalue weighted by Crippen LogP contribution is 2.29. The molecule has 1 aromatic carbocycles. The molecule has 32 heavy (non-hydrogen) atoms. The number of carbonyl (C=O) groups is 1. The van der Waals surface area contributed by atoms with Gasteiger partial charge in [-0.05, 0) is 62.4 Å². The van der Waals surface area contributed by atoms with Crippen LogP contribution in [-0.2, 0) is 10.0 Å². The van der Waals surface area contributed by atoms with E-state index in [-0.39, 0.29) is 10.8 Å². The fourth-order valence-corrected chi connectivity index (χ4v) is 5.20. The Balaban J connectivity index is 1.62. The van der Waals surface area contributed by atoms with Gasteiger partial charge in [-0.25, -0.2) is 17.7 Å². The van der Waals surface area contributed by atoms with Crippen LogP contribution in [0.25, 0.3) is 0 Å². The van der Waals surface area contributed by atoms with E-state index in [9.17, 15) is 13.2 Å². The Morgan fingerprint density at radius 3 is 2.22 bits per heavy atom. The van der Waals surface area contributed by atoms with E-state index < -0.39 is 10.0 Å². The largest absolute Gasteiger partial charge is 0.371 e. The highest BCUT2D eigenvalue weighted by atomic mass is 32.2. The molecule has 2 aliphatic heterocycles. The van der Waals surface area contributed by atoms with E-state index in [0.29, 0.717) is 11.3 Å². The number of anilines is 3. The zero-order valence-corrected chi connectivity index (χ0v) is 19.6. The van der Waals surface area contributed by atoms with Crippen molar-refractivity contribution in [1.29, 1.82) is 0 Å². The lowest BCUT2D eigenvalue weighted by atomic mass is 10.1. The molecule has 9 heteroatoms. The third kappa shape index (κ3) is 4.73. The van der Waals surface area contributed by atoms with Gasteiger partial charge in [-0.15, -0.1) is 0 Å². The average molecular weight is 458 g/mol. The summed E-state index contributed by atoms with van der Waals surface area (Å²) < 4.78 is 26.5. The monoisotopic (exact) mass is 457 g/mol. The number of hydrogen-bond donors (Lipinski definition) is 1. The molecule has 2 saturated heterocycles. The Kier molecular flexibility index (Phi) is 6.66. The summed E-state index contributed by atoms with van der Waals surface area (Å²) in [7, 11) is -0.677. The second kappa shape index (κ2) is 9.46. The molecule has 0 saturated carbocycles. The normalized spacial score (nSPS) is 17.1. The van der Waals surface area contributed by atoms with Gasteiger partial charge in [0.2, 0.25) is 10.0 Å². The number of nitrogens with zero attached hydrogens (tertiary/aromatic N) is 4. The lowest BCUT2D eigenvalue weighted by molar-refractivity contribution is 0.102. The Morgan fingerprint density at radius 2 is 1.59 bits per heavy atom. The van der Waals surface area contributed by atoms with E-state index in [2.05, 4.69) is 20.1 Å². The number of nitrogens with one attached hydrogen (secondary N) is 1. The molecule has 0 bridgehead atoms. The maximum atomic E-state index is 13.3. The van der Waals surface area contributed by atoms with Crippen molar-refractivity contribution in [3.8, 4) is 0 Å². The molecule has 0 unspecified atom stereocenters. The van der Waals surface area contributed by atoms with Crippen LogP contribution in [0.5, 0.6) is 0 Å². The average Bonchev–Trinajstić information content (AvgIpc) is 3.34. The van der Waals surface area contributed by atoms with Crippen molar-refractivity contribution in [2.45, 2.75) is 37.0 Å². The molecule has 0 radical (unpaired) electrons. The summed E-state index contributed by atoms with van der Waals surface area (Å²) in [5.41, 5.74) is 1.71. The Hall–Kier alpha value is -2.65. The molecule has 0 aliphatic carbocycles. The number of hydrogen-bond acceptors (Lipinski definition) is 6. The van der Waals surface area contributed by atoms with Gasteiger partial charge < -0.3 is 15.1 Å². The van der Waals surface area contributed by atoms with Gasteiger partial charge in [-0.1, -0.05) is 0 Å². The molecule has 1 N–H and O–H groups in total. The topological polar surface area (TPSA) is 85.8 Å². The first-order chi connectivity index (χ1) is 15.4. The van der Waals surface area contributed by atoms with E-state index >= 15 is 0 Å². The third-order valence-corrected chi connectivity index (χ3v) is 7.93. The van der Waals surface area contributed by atoms with Crippen molar-refractivity contribution in [2.24, 2.45) is 0 Å². The van der Waals surface area contributed by atoms with Gasteiger partial charge in [-0.3, -0.25) is 4.79 Å². The van der Waals surface area contributed by atoms with Crippen LogP contribution in [-0.4, -0.2) is 63.9 Å². The van der Waals surface area contributed by atoms with Crippen LogP contribution < -0.4 is 15.1 Å². The Bertz CT molecular complexity index is 1060. The number of pyridine rings is 1. The van der Waals surface area contributed by atoms with Crippen LogP contribution >= 0.6 is 0 Å². The fraction of sp³-hybridized carbons (Fsp3) is 0.478. The number of benzene rings is 1. The number of aromatic nitrogens is 1. The van der Waals surface area contributed by atoms with Crippen LogP contribution in [0.4, 0.5) is 17.2 Å². The molecular formula is C23H31N5O3S. The van der Waals surface area contributed by atoms with Gasteiger partial charge in [0, 0.05) is 46.0 Å². The predicted octanol–water partition coefficient (Wildman–Crippen LogP) is 3.17. The first kappa shape index (κ1) is 22.5. The van der Waals surface area contributed by atoms with Gasteiger partial charge in [0.25, 0.3) is 5.91 Å². The SMILES string of the molecule is CN(C)S(=O)(=O)c1ccc(N2CCCCC2)c(C(=O)Nc2ccc(N3CCCC3)nc2)c1. The van der Waals surface area contributed by atoms with Crippen LogP contribution in [0.15, 0.2) is 41.4 Å². The molecular weight excluding hydrogens is 426 g/mol. The number of carbonyl (C=O) groups excluding carboxylic acids is 1. The Labute approximate surface area is 190 Å². The maximum Gasteiger partial charge on any atom is 0.257 e. The van der Waals surface area contributed by atoms with Crippen molar-refractivity contribution in [3.05, 3.63) is 42.1 Å². The molecule has 1 aromatic heterocycles. The van der Waals surface area contributed by atoms with Gasteiger partial charge in [-0.2, -0.15) is 0 Å². The molecule has 4 rings (SSSR count). The fourth-order valence-electron chi connectivity index (χ4n) is 4.27. The minimum Gasteiger partial charge on any atom is -0.371 e. The summed E-state index contributed by atoms with van der Waals surface area (Å²) >= 11 is 0. The number of rotatable bonds is 6. The zero-order chi connectivity index (χ0) is 22.7. The number of amides is 1. The Morgan fingerprint density at radius 1 is 0.938 bits per heavy atom. The molecule has 3 heterocycles. The summed E-state index contributed by atoms with van der Waals surface area (Å²) in [4.78, 5) is 22.3. The molecule has 1 amide bonds. The van der Waals surface area contributed by atoms with E-state index in [0.717, 1.165) is 54.8 Å². The van der Waals surface area contributed by atoms with E-state index in [4.69, 9.17) is 0 Å². The van der Waals surface area contributed by atoms with E-state index in [1.54, 1.807) is 18.3 Å². The van der Waals surface area contributed by atoms with E-state index in [1.165, 1.54) is 39.4 Å². The number of piperidine rings is 1. The first-order valence-electron chi connectivity index (χ1n) is 11.2. The summed E-state index contributed by atoms with van der Waals surface area (Å²) in [6.07, 6.45) is 7.28. The minimum atomic E-state index is -3.65. The van der Waals surface area contributed by atoms with Crippen LogP contribution in [0.3, 0.4) is 0 Å². The lowest BCUT2D eigenvalue weighted by Gasteiger charge is -2.30. The number of sulfonamides is 1. The summed E-state index contributed by atoms with van der Waals surface area (Å²) in [5.74, 6) is 0.575. The zero-order valence-electron chi connectivity index (χ0n) is 18.7. The van der Waals surface area contributed by atoms with Crippen molar-refractivity contribution >= 4 is 33.1 Å². The van der Waals surface area contributed by atoms with E-state index in [1.807, 2.05) is 12.1 Å². The highest BCUT2D eigenvalue weighted by Gasteiger charge is 2.24. The predicted molar refractivity (Wildman–Crippen MR) is 127 cm³/mol. The van der Waals surface area contributed by atoms with Crippen LogP contribution in [0.2, 0.25) is 0 Å². The first-order valence-corrected chi connectivity index (χ1v) is 12.6.